The van der Waals surface area contributed by atoms with Crippen molar-refractivity contribution in [1.82, 2.24) is 0 Å². The molecule has 1 N–H and O–H groups in total. The van der Waals surface area contributed by atoms with Crippen molar-refractivity contribution < 1.29 is 0 Å². The summed E-state index contributed by atoms with van der Waals surface area (Å²) in [4.78, 5) is 0. The van der Waals surface area contributed by atoms with Gasteiger partial charge in [0.05, 0.1) is 0 Å². The minimum Gasteiger partial charge on any atom is -0.309 e. The van der Waals surface area contributed by atoms with Gasteiger partial charge < -0.3 is 5.41 Å². The Hall–Kier alpha value is -1.33. The first-order valence-corrected chi connectivity index (χ1v) is 3.09. The van der Waals surface area contributed by atoms with E-state index in [1.807, 2.05) is 13.0 Å². The molecular weight excluding hydrogens is 122 g/mol. The first-order valence-electron chi connectivity index (χ1n) is 3.09. The maximum absolute atomic E-state index is 6.85. The molecule has 0 heterocycles. The molecule has 0 aromatic heterocycles. The summed E-state index contributed by atoms with van der Waals surface area (Å²) in [6, 6.07) is 0. The van der Waals surface area contributed by atoms with Crippen LogP contribution < -0.4 is 0 Å². The zero-order valence-corrected chi connectivity index (χ0v) is 5.94. The van der Waals surface area contributed by atoms with Gasteiger partial charge in [-0.3, -0.25) is 0 Å². The molecule has 50 valence electrons. The second kappa shape index (κ2) is 2.51. The van der Waals surface area contributed by atoms with Gasteiger partial charge in [0.25, 0.3) is 0 Å². The van der Waals surface area contributed by atoms with E-state index in [1.54, 1.807) is 6.08 Å². The molecule has 1 heteroatoms. The van der Waals surface area contributed by atoms with E-state index in [2.05, 4.69) is 12.3 Å². The molecule has 0 fully saturated rings. The lowest BCUT2D eigenvalue weighted by atomic mass is 10.1. The normalized spacial score (nSPS) is 19.9. The highest BCUT2D eigenvalue weighted by molar-refractivity contribution is 5.74. The van der Waals surface area contributed by atoms with Crippen molar-refractivity contribution in [2.75, 3.05) is 0 Å². The second-order valence-corrected chi connectivity index (χ2v) is 2.19. The van der Waals surface area contributed by atoms with Crippen LogP contribution in [0.25, 0.3) is 0 Å². The largest absolute Gasteiger partial charge is 0.309 e. The van der Waals surface area contributed by atoms with Crippen LogP contribution >= 0.6 is 0 Å². The maximum atomic E-state index is 6.85. The standard InChI is InChI=1S/C9H9N/c1-7-3-4-8(2)9(7)5-6-10/h3,5-6,10H,1H2,2H3/b9-5+,10-6?. The number of allylic oxidation sites excluding steroid dienone is 4. The molecule has 0 radical (unpaired) electrons. The van der Waals surface area contributed by atoms with Crippen LogP contribution in [0.15, 0.2) is 41.2 Å². The Morgan fingerprint density at radius 2 is 2.40 bits per heavy atom. The van der Waals surface area contributed by atoms with Crippen molar-refractivity contribution in [1.29, 1.82) is 5.41 Å². The van der Waals surface area contributed by atoms with Crippen LogP contribution in [-0.4, -0.2) is 6.21 Å². The Labute approximate surface area is 60.6 Å². The predicted molar refractivity (Wildman–Crippen MR) is 43.3 cm³/mol. The van der Waals surface area contributed by atoms with Crippen molar-refractivity contribution in [3.63, 3.8) is 0 Å². The zero-order chi connectivity index (χ0) is 7.56. The fraction of sp³-hybridized carbons (Fsp3) is 0.111. The highest BCUT2D eigenvalue weighted by Crippen LogP contribution is 2.22. The molecule has 0 aromatic carbocycles. The summed E-state index contributed by atoms with van der Waals surface area (Å²) in [5.74, 6) is 0. The third-order valence-electron chi connectivity index (χ3n) is 1.46. The average molecular weight is 131 g/mol. The van der Waals surface area contributed by atoms with E-state index < -0.39 is 0 Å². The molecule has 0 aromatic rings. The Morgan fingerprint density at radius 1 is 1.70 bits per heavy atom. The highest BCUT2D eigenvalue weighted by atomic mass is 14.3. The van der Waals surface area contributed by atoms with Crippen LogP contribution in [-0.2, 0) is 0 Å². The van der Waals surface area contributed by atoms with E-state index in [-0.39, 0.29) is 0 Å². The quantitative estimate of drug-likeness (QED) is 0.417. The first kappa shape index (κ1) is 6.79. The van der Waals surface area contributed by atoms with Gasteiger partial charge in [0.2, 0.25) is 0 Å². The molecule has 0 saturated carbocycles. The molecule has 0 atom stereocenters. The summed E-state index contributed by atoms with van der Waals surface area (Å²) in [6.07, 6.45) is 4.84. The van der Waals surface area contributed by atoms with Gasteiger partial charge in [-0.1, -0.05) is 6.58 Å². The van der Waals surface area contributed by atoms with Gasteiger partial charge in [0.15, 0.2) is 0 Å². The second-order valence-electron chi connectivity index (χ2n) is 2.19. The molecule has 0 saturated heterocycles. The Morgan fingerprint density at radius 3 is 2.80 bits per heavy atom. The molecule has 10 heavy (non-hydrogen) atoms. The lowest BCUT2D eigenvalue weighted by Crippen LogP contribution is -1.81. The zero-order valence-electron chi connectivity index (χ0n) is 5.94. The summed E-state index contributed by atoms with van der Waals surface area (Å²) in [5, 5.41) is 6.85. The van der Waals surface area contributed by atoms with E-state index in [0.717, 1.165) is 16.7 Å². The van der Waals surface area contributed by atoms with E-state index in [9.17, 15) is 0 Å². The van der Waals surface area contributed by atoms with E-state index in [1.165, 1.54) is 6.21 Å². The van der Waals surface area contributed by atoms with Gasteiger partial charge in [-0.2, -0.15) is 0 Å². The monoisotopic (exact) mass is 131 g/mol. The summed E-state index contributed by atoms with van der Waals surface area (Å²) >= 11 is 0. The van der Waals surface area contributed by atoms with Gasteiger partial charge in [-0.25, -0.2) is 0 Å². The van der Waals surface area contributed by atoms with E-state index in [0.29, 0.717) is 0 Å². The number of nitrogens with one attached hydrogen (secondary N) is 1. The summed E-state index contributed by atoms with van der Waals surface area (Å²) in [7, 11) is 0. The third-order valence-corrected chi connectivity index (χ3v) is 1.46. The minimum atomic E-state index is 0.945. The van der Waals surface area contributed by atoms with Gasteiger partial charge >= 0.3 is 0 Å². The van der Waals surface area contributed by atoms with Crippen LogP contribution in [0.2, 0.25) is 0 Å². The smallest absolute Gasteiger partial charge is 0.0184 e. The van der Waals surface area contributed by atoms with Crippen molar-refractivity contribution in [2.45, 2.75) is 6.92 Å². The Balaban J connectivity index is 3.02. The van der Waals surface area contributed by atoms with Crippen molar-refractivity contribution in [3.8, 4) is 0 Å². The third kappa shape index (κ3) is 0.996. The molecule has 1 rings (SSSR count). The van der Waals surface area contributed by atoms with Gasteiger partial charge in [-0.05, 0) is 35.8 Å². The van der Waals surface area contributed by atoms with Crippen LogP contribution in [0, 0.1) is 5.41 Å². The van der Waals surface area contributed by atoms with E-state index in [4.69, 9.17) is 5.41 Å². The fourth-order valence-electron chi connectivity index (χ4n) is 0.907. The summed E-state index contributed by atoms with van der Waals surface area (Å²) in [6.45, 7) is 5.76. The predicted octanol–water partition coefficient (Wildman–Crippen LogP) is 2.23. The molecular formula is C9H9N. The SMILES string of the molecule is C=C1C=C=C(C)/C1=C/C=N. The number of hydrogen-bond acceptors (Lipinski definition) is 1. The molecule has 0 unspecified atom stereocenters. The maximum Gasteiger partial charge on any atom is 0.0184 e. The average Bonchev–Trinajstić information content (AvgIpc) is 2.20. The van der Waals surface area contributed by atoms with Crippen molar-refractivity contribution >= 4 is 6.21 Å². The molecule has 1 aliphatic rings. The molecule has 0 bridgehead atoms. The number of hydrogen-bond donors (Lipinski definition) is 1. The lowest BCUT2D eigenvalue weighted by Gasteiger charge is -1.96. The number of rotatable bonds is 1. The Kier molecular flexibility index (Phi) is 1.70. The molecule has 1 aliphatic carbocycles. The van der Waals surface area contributed by atoms with Gasteiger partial charge in [0.1, 0.15) is 0 Å². The van der Waals surface area contributed by atoms with Crippen LogP contribution in [0.5, 0.6) is 0 Å². The topological polar surface area (TPSA) is 23.9 Å². The van der Waals surface area contributed by atoms with Gasteiger partial charge in [-0.15, -0.1) is 5.73 Å². The fourth-order valence-corrected chi connectivity index (χ4v) is 0.907. The lowest BCUT2D eigenvalue weighted by molar-refractivity contribution is 1.45. The van der Waals surface area contributed by atoms with E-state index >= 15 is 0 Å². The van der Waals surface area contributed by atoms with Crippen molar-refractivity contribution in [3.05, 3.63) is 41.2 Å². The summed E-state index contributed by atoms with van der Waals surface area (Å²) in [5.41, 5.74) is 6.06. The Bertz CT molecular complexity index is 273. The molecule has 0 amide bonds. The van der Waals surface area contributed by atoms with Crippen LogP contribution in [0.1, 0.15) is 6.92 Å². The minimum absolute atomic E-state index is 0.945. The first-order chi connectivity index (χ1) is 4.75. The van der Waals surface area contributed by atoms with Crippen molar-refractivity contribution in [2.24, 2.45) is 0 Å². The summed E-state index contributed by atoms with van der Waals surface area (Å²) < 4.78 is 0. The molecule has 1 nitrogen and oxygen atoms in total. The molecule has 0 spiro atoms. The highest BCUT2D eigenvalue weighted by Gasteiger charge is 2.05. The molecule has 0 aliphatic heterocycles. The van der Waals surface area contributed by atoms with Crippen LogP contribution in [0.3, 0.4) is 0 Å². The van der Waals surface area contributed by atoms with Gasteiger partial charge in [0, 0.05) is 6.21 Å². The van der Waals surface area contributed by atoms with Crippen LogP contribution in [0.4, 0.5) is 0 Å².